The van der Waals surface area contributed by atoms with Crippen LogP contribution in [0.2, 0.25) is 0 Å². The number of rotatable bonds is 7. The van der Waals surface area contributed by atoms with Crippen LogP contribution in [0.25, 0.3) is 0 Å². The molecule has 0 saturated carbocycles. The Hall–Kier alpha value is -1.59. The molecule has 0 aliphatic carbocycles. The van der Waals surface area contributed by atoms with Crippen LogP contribution in [0.1, 0.15) is 30.9 Å². The highest BCUT2D eigenvalue weighted by molar-refractivity contribution is 5.80. The minimum absolute atomic E-state index is 0.0782. The molecule has 2 atom stereocenters. The number of oxime groups is 1. The first kappa shape index (κ1) is 14.8. The summed E-state index contributed by atoms with van der Waals surface area (Å²) in [5.74, 6) is 0.901. The van der Waals surface area contributed by atoms with Crippen molar-refractivity contribution in [3.05, 3.63) is 35.9 Å². The molecule has 5 heteroatoms. The molecule has 5 nitrogen and oxygen atoms in total. The Morgan fingerprint density at radius 3 is 2.90 bits per heavy atom. The number of hydrogen-bond acceptors (Lipinski definition) is 4. The third-order valence-corrected chi connectivity index (χ3v) is 3.71. The van der Waals surface area contributed by atoms with Crippen LogP contribution in [-0.2, 0) is 4.74 Å². The number of nitrogens with zero attached hydrogens (tertiary/aromatic N) is 1. The van der Waals surface area contributed by atoms with Crippen molar-refractivity contribution in [2.75, 3.05) is 19.8 Å². The lowest BCUT2D eigenvalue weighted by molar-refractivity contribution is 0.184. The molecule has 20 heavy (non-hydrogen) atoms. The second kappa shape index (κ2) is 7.87. The molecule has 1 fully saturated rings. The van der Waals surface area contributed by atoms with E-state index in [0.717, 1.165) is 38.2 Å². The summed E-state index contributed by atoms with van der Waals surface area (Å²) in [6, 6.07) is 10.2. The average molecular weight is 277 g/mol. The number of amidine groups is 1. The van der Waals surface area contributed by atoms with E-state index in [4.69, 9.17) is 15.7 Å². The largest absolute Gasteiger partial charge is 0.409 e. The summed E-state index contributed by atoms with van der Waals surface area (Å²) in [5.41, 5.74) is 6.80. The zero-order valence-corrected chi connectivity index (χ0v) is 11.7. The van der Waals surface area contributed by atoms with Crippen LogP contribution in [0.3, 0.4) is 0 Å². The van der Waals surface area contributed by atoms with E-state index in [9.17, 15) is 0 Å². The predicted octanol–water partition coefficient (Wildman–Crippen LogP) is 1.88. The minimum atomic E-state index is 0.0782. The molecule has 2 rings (SSSR count). The second-order valence-corrected chi connectivity index (χ2v) is 5.23. The van der Waals surface area contributed by atoms with Gasteiger partial charge in [-0.1, -0.05) is 35.5 Å². The van der Waals surface area contributed by atoms with Gasteiger partial charge in [0.15, 0.2) is 0 Å². The van der Waals surface area contributed by atoms with Gasteiger partial charge in [-0.15, -0.1) is 0 Å². The van der Waals surface area contributed by atoms with Crippen molar-refractivity contribution in [2.45, 2.75) is 25.3 Å². The van der Waals surface area contributed by atoms with Crippen molar-refractivity contribution in [3.63, 3.8) is 0 Å². The van der Waals surface area contributed by atoms with Gasteiger partial charge in [0.05, 0.1) is 0 Å². The van der Waals surface area contributed by atoms with Crippen molar-refractivity contribution in [1.82, 2.24) is 5.32 Å². The minimum Gasteiger partial charge on any atom is -0.409 e. The third kappa shape index (κ3) is 4.51. The molecule has 1 heterocycles. The Morgan fingerprint density at radius 2 is 2.25 bits per heavy atom. The molecule has 4 N–H and O–H groups in total. The number of benzene rings is 1. The van der Waals surface area contributed by atoms with Gasteiger partial charge in [-0.2, -0.15) is 0 Å². The molecule has 110 valence electrons. The highest BCUT2D eigenvalue weighted by Gasteiger charge is 2.17. The standard InChI is InChI=1S/C15H23N3O2/c16-15(18-19)10-14(13-4-2-1-3-5-13)17-8-6-12-7-9-20-11-12/h1-5,12,14,17,19H,6-11H2,(H2,16,18). The normalized spacial score (nSPS) is 21.0. The molecule has 1 saturated heterocycles. The van der Waals surface area contributed by atoms with Crippen LogP contribution >= 0.6 is 0 Å². The zero-order chi connectivity index (χ0) is 14.2. The van der Waals surface area contributed by atoms with Gasteiger partial charge in [0.1, 0.15) is 5.84 Å². The van der Waals surface area contributed by atoms with Crippen LogP contribution in [0, 0.1) is 5.92 Å². The average Bonchev–Trinajstić information content (AvgIpc) is 3.00. The molecule has 2 unspecified atom stereocenters. The quantitative estimate of drug-likeness (QED) is 0.308. The van der Waals surface area contributed by atoms with Crippen molar-refractivity contribution >= 4 is 5.84 Å². The van der Waals surface area contributed by atoms with E-state index in [1.54, 1.807) is 0 Å². The molecule has 1 aliphatic rings. The first-order valence-electron chi connectivity index (χ1n) is 7.12. The van der Waals surface area contributed by atoms with E-state index < -0.39 is 0 Å². The van der Waals surface area contributed by atoms with Gasteiger partial charge in [0, 0.05) is 25.7 Å². The Labute approximate surface area is 119 Å². The summed E-state index contributed by atoms with van der Waals surface area (Å²) in [6.07, 6.45) is 2.75. The summed E-state index contributed by atoms with van der Waals surface area (Å²) in [5, 5.41) is 15.3. The number of hydrogen-bond donors (Lipinski definition) is 3. The molecule has 0 bridgehead atoms. The highest BCUT2D eigenvalue weighted by Crippen LogP contribution is 2.19. The molecule has 1 aliphatic heterocycles. The van der Waals surface area contributed by atoms with Crippen LogP contribution in [0.4, 0.5) is 0 Å². The van der Waals surface area contributed by atoms with Gasteiger partial charge in [-0.05, 0) is 30.9 Å². The lowest BCUT2D eigenvalue weighted by atomic mass is 10.0. The molecular weight excluding hydrogens is 254 g/mol. The van der Waals surface area contributed by atoms with Gasteiger partial charge in [-0.25, -0.2) is 0 Å². The van der Waals surface area contributed by atoms with E-state index in [2.05, 4.69) is 22.6 Å². The van der Waals surface area contributed by atoms with Crippen LogP contribution in [-0.4, -0.2) is 30.8 Å². The predicted molar refractivity (Wildman–Crippen MR) is 78.8 cm³/mol. The SMILES string of the molecule is N/C(CC(NCCC1CCOC1)c1ccccc1)=N/O. The molecule has 1 aromatic rings. The van der Waals surface area contributed by atoms with Crippen LogP contribution < -0.4 is 11.1 Å². The maximum absolute atomic E-state index is 8.75. The molecule has 0 spiro atoms. The highest BCUT2D eigenvalue weighted by atomic mass is 16.5. The fraction of sp³-hybridized carbons (Fsp3) is 0.533. The van der Waals surface area contributed by atoms with Gasteiger partial charge in [0.2, 0.25) is 0 Å². The molecule has 1 aromatic carbocycles. The zero-order valence-electron chi connectivity index (χ0n) is 11.7. The van der Waals surface area contributed by atoms with Gasteiger partial charge in [-0.3, -0.25) is 0 Å². The molecular formula is C15H23N3O2. The van der Waals surface area contributed by atoms with Gasteiger partial charge >= 0.3 is 0 Å². The van der Waals surface area contributed by atoms with Crippen molar-refractivity contribution < 1.29 is 9.94 Å². The molecule has 0 radical (unpaired) electrons. The van der Waals surface area contributed by atoms with Crippen molar-refractivity contribution in [1.29, 1.82) is 0 Å². The summed E-state index contributed by atoms with van der Waals surface area (Å²) >= 11 is 0. The van der Waals surface area contributed by atoms with E-state index in [-0.39, 0.29) is 11.9 Å². The summed E-state index contributed by atoms with van der Waals surface area (Å²) in [7, 11) is 0. The van der Waals surface area contributed by atoms with Crippen LogP contribution in [0.15, 0.2) is 35.5 Å². The lowest BCUT2D eigenvalue weighted by Gasteiger charge is -2.19. The smallest absolute Gasteiger partial charge is 0.141 e. The third-order valence-electron chi connectivity index (χ3n) is 3.71. The van der Waals surface area contributed by atoms with Gasteiger partial charge < -0.3 is 21.0 Å². The topological polar surface area (TPSA) is 79.9 Å². The van der Waals surface area contributed by atoms with E-state index >= 15 is 0 Å². The molecule has 0 amide bonds. The maximum atomic E-state index is 8.75. The number of nitrogens with one attached hydrogen (secondary N) is 1. The number of ether oxygens (including phenoxy) is 1. The molecule has 0 aromatic heterocycles. The number of nitrogens with two attached hydrogens (primary N) is 1. The van der Waals surface area contributed by atoms with Crippen molar-refractivity contribution in [3.8, 4) is 0 Å². The Kier molecular flexibility index (Phi) is 5.83. The van der Waals surface area contributed by atoms with E-state index in [0.29, 0.717) is 12.3 Å². The van der Waals surface area contributed by atoms with Gasteiger partial charge in [0.25, 0.3) is 0 Å². The fourth-order valence-corrected chi connectivity index (χ4v) is 2.52. The van der Waals surface area contributed by atoms with E-state index in [1.165, 1.54) is 0 Å². The summed E-state index contributed by atoms with van der Waals surface area (Å²) in [6.45, 7) is 2.67. The van der Waals surface area contributed by atoms with Crippen molar-refractivity contribution in [2.24, 2.45) is 16.8 Å². The Morgan fingerprint density at radius 1 is 1.45 bits per heavy atom. The second-order valence-electron chi connectivity index (χ2n) is 5.23. The summed E-state index contributed by atoms with van der Waals surface area (Å²) in [4.78, 5) is 0. The fourth-order valence-electron chi connectivity index (χ4n) is 2.52. The lowest BCUT2D eigenvalue weighted by Crippen LogP contribution is -2.28. The summed E-state index contributed by atoms with van der Waals surface area (Å²) < 4.78 is 5.38. The van der Waals surface area contributed by atoms with Crippen LogP contribution in [0.5, 0.6) is 0 Å². The maximum Gasteiger partial charge on any atom is 0.141 e. The first-order chi connectivity index (χ1) is 9.79. The Bertz CT molecular complexity index is 416. The monoisotopic (exact) mass is 277 g/mol. The Balaban J connectivity index is 1.88. The first-order valence-corrected chi connectivity index (χ1v) is 7.12. The van der Waals surface area contributed by atoms with E-state index in [1.807, 2.05) is 18.2 Å².